The lowest BCUT2D eigenvalue weighted by molar-refractivity contribution is 0.112. The van der Waals surface area contributed by atoms with E-state index in [1.54, 1.807) is 0 Å². The van der Waals surface area contributed by atoms with E-state index in [1.165, 1.54) is 0 Å². The number of hydrogen-bond donors (Lipinski definition) is 0. The molecule has 112 valence electrons. The van der Waals surface area contributed by atoms with Crippen molar-refractivity contribution in [3.63, 3.8) is 0 Å². The van der Waals surface area contributed by atoms with Gasteiger partial charge in [-0.1, -0.05) is 48.0 Å². The fourth-order valence-electron chi connectivity index (χ4n) is 2.69. The smallest absolute Gasteiger partial charge is 0.153 e. The highest BCUT2D eigenvalue weighted by atomic mass is 35.5. The number of hydrogen-bond acceptors (Lipinski definition) is 2. The first-order valence-electron chi connectivity index (χ1n) is 7.20. The lowest BCUT2D eigenvalue weighted by Gasteiger charge is -2.20. The van der Waals surface area contributed by atoms with Crippen molar-refractivity contribution in [1.29, 1.82) is 0 Å². The Labute approximate surface area is 134 Å². The molecule has 3 aromatic rings. The van der Waals surface area contributed by atoms with Gasteiger partial charge < -0.3 is 9.47 Å². The van der Waals surface area contributed by atoms with E-state index in [4.69, 9.17) is 11.6 Å². The SMILES string of the molecule is CN(CCn1c(Cl)c(C=O)c2ccccc21)c1ccccc1. The number of carbonyl (C=O) groups is 1. The zero-order chi connectivity index (χ0) is 15.5. The van der Waals surface area contributed by atoms with Crippen LogP contribution in [0.5, 0.6) is 0 Å². The van der Waals surface area contributed by atoms with Gasteiger partial charge in [-0.3, -0.25) is 4.79 Å². The quantitative estimate of drug-likeness (QED) is 0.658. The van der Waals surface area contributed by atoms with Crippen LogP contribution in [0.1, 0.15) is 10.4 Å². The molecule has 0 radical (unpaired) electrons. The highest BCUT2D eigenvalue weighted by molar-refractivity contribution is 6.34. The molecule has 0 bridgehead atoms. The van der Waals surface area contributed by atoms with Crippen LogP contribution < -0.4 is 4.90 Å². The molecule has 0 aliphatic heterocycles. The van der Waals surface area contributed by atoms with Gasteiger partial charge in [0.1, 0.15) is 5.15 Å². The zero-order valence-electron chi connectivity index (χ0n) is 12.4. The van der Waals surface area contributed by atoms with Gasteiger partial charge in [-0.05, 0) is 18.2 Å². The van der Waals surface area contributed by atoms with Crippen LogP contribution in [-0.2, 0) is 6.54 Å². The maximum Gasteiger partial charge on any atom is 0.153 e. The second kappa shape index (κ2) is 6.24. The molecule has 4 heteroatoms. The van der Waals surface area contributed by atoms with E-state index in [-0.39, 0.29) is 0 Å². The number of nitrogens with zero attached hydrogens (tertiary/aromatic N) is 2. The zero-order valence-corrected chi connectivity index (χ0v) is 13.1. The Balaban J connectivity index is 1.88. The van der Waals surface area contributed by atoms with Gasteiger partial charge in [0, 0.05) is 36.7 Å². The molecular weight excluding hydrogens is 296 g/mol. The van der Waals surface area contributed by atoms with Crippen LogP contribution in [0.2, 0.25) is 5.15 Å². The molecule has 0 fully saturated rings. The molecule has 0 atom stereocenters. The first-order chi connectivity index (χ1) is 10.7. The Bertz CT molecular complexity index is 795. The molecule has 0 spiro atoms. The number of fused-ring (bicyclic) bond motifs is 1. The van der Waals surface area contributed by atoms with Crippen LogP contribution >= 0.6 is 11.6 Å². The van der Waals surface area contributed by atoms with Gasteiger partial charge in [-0.15, -0.1) is 0 Å². The van der Waals surface area contributed by atoms with Gasteiger partial charge in [-0.2, -0.15) is 0 Å². The van der Waals surface area contributed by atoms with Gasteiger partial charge in [0.2, 0.25) is 0 Å². The molecule has 0 unspecified atom stereocenters. The van der Waals surface area contributed by atoms with Gasteiger partial charge in [0.15, 0.2) is 6.29 Å². The summed E-state index contributed by atoms with van der Waals surface area (Å²) in [5.41, 5.74) is 2.72. The molecule has 1 heterocycles. The van der Waals surface area contributed by atoms with Crippen LogP contribution in [0, 0.1) is 0 Å². The number of aromatic nitrogens is 1. The van der Waals surface area contributed by atoms with E-state index in [0.29, 0.717) is 10.7 Å². The molecule has 2 aromatic carbocycles. The fourth-order valence-corrected chi connectivity index (χ4v) is 3.01. The summed E-state index contributed by atoms with van der Waals surface area (Å²) in [6, 6.07) is 18.0. The monoisotopic (exact) mass is 312 g/mol. The minimum absolute atomic E-state index is 0.512. The molecule has 22 heavy (non-hydrogen) atoms. The van der Waals surface area contributed by atoms with Crippen molar-refractivity contribution in [3.8, 4) is 0 Å². The number of benzene rings is 2. The standard InChI is InChI=1S/C18H17ClN2O/c1-20(14-7-3-2-4-8-14)11-12-21-17-10-6-5-9-15(17)16(13-22)18(21)19/h2-10,13H,11-12H2,1H3. The summed E-state index contributed by atoms with van der Waals surface area (Å²) >= 11 is 6.39. The third kappa shape index (κ3) is 2.60. The highest BCUT2D eigenvalue weighted by Crippen LogP contribution is 2.28. The maximum atomic E-state index is 11.3. The van der Waals surface area contributed by atoms with E-state index in [2.05, 4.69) is 24.1 Å². The summed E-state index contributed by atoms with van der Waals surface area (Å²) in [6.45, 7) is 1.53. The molecule has 0 amide bonds. The normalized spacial score (nSPS) is 10.8. The minimum atomic E-state index is 0.512. The number of carbonyl (C=O) groups excluding carboxylic acids is 1. The van der Waals surface area contributed by atoms with E-state index in [0.717, 1.165) is 36.0 Å². The molecule has 0 N–H and O–H groups in total. The number of aldehydes is 1. The third-order valence-corrected chi connectivity index (χ3v) is 4.33. The molecule has 1 aromatic heterocycles. The second-order valence-corrected chi connectivity index (χ2v) is 5.61. The highest BCUT2D eigenvalue weighted by Gasteiger charge is 2.14. The Hall–Kier alpha value is -2.26. The maximum absolute atomic E-state index is 11.3. The molecule has 3 rings (SSSR count). The Kier molecular flexibility index (Phi) is 4.16. The number of likely N-dealkylation sites (N-methyl/N-ethyl adjacent to an activating group) is 1. The largest absolute Gasteiger partial charge is 0.373 e. The van der Waals surface area contributed by atoms with E-state index in [1.807, 2.05) is 47.0 Å². The molecule has 0 saturated carbocycles. The Morgan fingerprint density at radius 1 is 1.09 bits per heavy atom. The minimum Gasteiger partial charge on any atom is -0.373 e. The van der Waals surface area contributed by atoms with Gasteiger partial charge in [-0.25, -0.2) is 0 Å². The summed E-state index contributed by atoms with van der Waals surface area (Å²) in [5.74, 6) is 0. The lowest BCUT2D eigenvalue weighted by atomic mass is 10.2. The van der Waals surface area contributed by atoms with Crippen LogP contribution in [0.3, 0.4) is 0 Å². The second-order valence-electron chi connectivity index (χ2n) is 5.25. The van der Waals surface area contributed by atoms with Crippen molar-refractivity contribution in [2.75, 3.05) is 18.5 Å². The summed E-state index contributed by atoms with van der Waals surface area (Å²) in [6.07, 6.45) is 0.835. The number of anilines is 1. The average molecular weight is 313 g/mol. The summed E-state index contributed by atoms with van der Waals surface area (Å²) in [7, 11) is 2.05. The third-order valence-electron chi connectivity index (χ3n) is 3.92. The van der Waals surface area contributed by atoms with Crippen LogP contribution in [-0.4, -0.2) is 24.4 Å². The topological polar surface area (TPSA) is 25.2 Å². The predicted octanol–water partition coefficient (Wildman–Crippen LogP) is 4.24. The lowest BCUT2D eigenvalue weighted by Crippen LogP contribution is -2.22. The van der Waals surface area contributed by atoms with Crippen molar-refractivity contribution >= 4 is 34.5 Å². The van der Waals surface area contributed by atoms with Crippen molar-refractivity contribution in [2.45, 2.75) is 6.54 Å². The molecule has 0 saturated heterocycles. The molecule has 0 aliphatic rings. The summed E-state index contributed by atoms with van der Waals surface area (Å²) in [4.78, 5) is 13.5. The van der Waals surface area contributed by atoms with Crippen LogP contribution in [0.4, 0.5) is 5.69 Å². The summed E-state index contributed by atoms with van der Waals surface area (Å²) < 4.78 is 2.00. The first kappa shape index (κ1) is 14.7. The Morgan fingerprint density at radius 3 is 2.50 bits per heavy atom. The van der Waals surface area contributed by atoms with E-state index < -0.39 is 0 Å². The van der Waals surface area contributed by atoms with Crippen molar-refractivity contribution in [2.24, 2.45) is 0 Å². The molecule has 3 nitrogen and oxygen atoms in total. The molecular formula is C18H17ClN2O. The first-order valence-corrected chi connectivity index (χ1v) is 7.58. The predicted molar refractivity (Wildman–Crippen MR) is 92.0 cm³/mol. The van der Waals surface area contributed by atoms with Crippen molar-refractivity contribution in [1.82, 2.24) is 4.57 Å². The number of para-hydroxylation sites is 2. The fraction of sp³-hybridized carbons (Fsp3) is 0.167. The molecule has 0 aliphatic carbocycles. The number of halogens is 1. The van der Waals surface area contributed by atoms with Gasteiger partial charge in [0.05, 0.1) is 5.56 Å². The van der Waals surface area contributed by atoms with Crippen LogP contribution in [0.15, 0.2) is 54.6 Å². The van der Waals surface area contributed by atoms with Crippen LogP contribution in [0.25, 0.3) is 10.9 Å². The van der Waals surface area contributed by atoms with Gasteiger partial charge >= 0.3 is 0 Å². The Morgan fingerprint density at radius 2 is 1.77 bits per heavy atom. The van der Waals surface area contributed by atoms with Crippen molar-refractivity contribution < 1.29 is 4.79 Å². The van der Waals surface area contributed by atoms with Gasteiger partial charge in [0.25, 0.3) is 0 Å². The van der Waals surface area contributed by atoms with Crippen molar-refractivity contribution in [3.05, 3.63) is 65.3 Å². The number of rotatable bonds is 5. The average Bonchev–Trinajstić information content (AvgIpc) is 2.84. The van der Waals surface area contributed by atoms with E-state index >= 15 is 0 Å². The summed E-state index contributed by atoms with van der Waals surface area (Å²) in [5, 5.41) is 1.42. The van der Waals surface area contributed by atoms with E-state index in [9.17, 15) is 4.79 Å².